The van der Waals surface area contributed by atoms with Crippen molar-refractivity contribution in [1.29, 1.82) is 0 Å². The van der Waals surface area contributed by atoms with E-state index in [4.69, 9.17) is 28.9 Å². The Balaban J connectivity index is 2.73. The maximum Gasteiger partial charge on any atom is 0.154 e. The summed E-state index contributed by atoms with van der Waals surface area (Å²) in [7, 11) is -3.14. The van der Waals surface area contributed by atoms with E-state index in [1.54, 1.807) is 25.1 Å². The van der Waals surface area contributed by atoms with Crippen LogP contribution in [0.25, 0.3) is 0 Å². The molecule has 0 spiro atoms. The number of halogens is 2. The van der Waals surface area contributed by atoms with Crippen LogP contribution in [-0.4, -0.2) is 20.2 Å². The summed E-state index contributed by atoms with van der Waals surface area (Å²) in [5.74, 6) is 0.0571. The fraction of sp³-hybridized carbons (Fsp3) is 0.455. The van der Waals surface area contributed by atoms with Gasteiger partial charge in [0.2, 0.25) is 0 Å². The zero-order chi connectivity index (χ0) is 13.1. The third kappa shape index (κ3) is 5.25. The van der Waals surface area contributed by atoms with Crippen LogP contribution in [0.2, 0.25) is 10.0 Å². The van der Waals surface area contributed by atoms with Crippen molar-refractivity contribution in [3.63, 3.8) is 0 Å². The summed E-state index contributed by atoms with van der Waals surface area (Å²) < 4.78 is 23.5. The molecule has 1 aromatic rings. The van der Waals surface area contributed by atoms with Gasteiger partial charge in [0.05, 0.1) is 21.6 Å². The van der Waals surface area contributed by atoms with Gasteiger partial charge >= 0.3 is 0 Å². The molecule has 0 bridgehead atoms. The van der Waals surface area contributed by atoms with Crippen LogP contribution >= 0.6 is 23.2 Å². The van der Waals surface area contributed by atoms with E-state index >= 15 is 0 Å². The highest BCUT2D eigenvalue weighted by atomic mass is 35.5. The van der Waals surface area contributed by atoms with Crippen LogP contribution < -0.4 is 5.73 Å². The van der Waals surface area contributed by atoms with Crippen LogP contribution in [0.4, 0.5) is 0 Å². The molecule has 1 unspecified atom stereocenters. The standard InChI is InChI=1S/C11H15Cl2NO2S/c1-8(14)4-5-17(15,16)7-9-2-3-10(12)11(13)6-9/h2-3,6,8H,4-5,7,14H2,1H3. The monoisotopic (exact) mass is 295 g/mol. The van der Waals surface area contributed by atoms with E-state index in [1.165, 1.54) is 0 Å². The van der Waals surface area contributed by atoms with Gasteiger partial charge in [-0.3, -0.25) is 0 Å². The Morgan fingerprint density at radius 3 is 2.47 bits per heavy atom. The zero-order valence-corrected chi connectivity index (χ0v) is 11.8. The van der Waals surface area contributed by atoms with E-state index in [2.05, 4.69) is 0 Å². The predicted octanol–water partition coefficient (Wildman–Crippen LogP) is 2.65. The Morgan fingerprint density at radius 2 is 1.94 bits per heavy atom. The van der Waals surface area contributed by atoms with E-state index in [0.717, 1.165) is 0 Å². The van der Waals surface area contributed by atoms with Crippen LogP contribution in [0, 0.1) is 0 Å². The van der Waals surface area contributed by atoms with Gasteiger partial charge in [0.1, 0.15) is 0 Å². The van der Waals surface area contributed by atoms with Gasteiger partial charge in [-0.1, -0.05) is 29.3 Å². The Hall–Kier alpha value is -0.290. The molecule has 0 aliphatic heterocycles. The minimum Gasteiger partial charge on any atom is -0.328 e. The molecule has 1 rings (SSSR count). The highest BCUT2D eigenvalue weighted by Crippen LogP contribution is 2.23. The van der Waals surface area contributed by atoms with Gasteiger partial charge in [0, 0.05) is 6.04 Å². The Morgan fingerprint density at radius 1 is 1.29 bits per heavy atom. The van der Waals surface area contributed by atoms with Gasteiger partial charge in [0.15, 0.2) is 9.84 Å². The fourth-order valence-corrected chi connectivity index (χ4v) is 3.20. The normalized spacial score (nSPS) is 13.6. The van der Waals surface area contributed by atoms with Crippen LogP contribution in [0.15, 0.2) is 18.2 Å². The molecule has 0 aliphatic rings. The van der Waals surface area contributed by atoms with Gasteiger partial charge < -0.3 is 5.73 Å². The molecule has 0 fully saturated rings. The molecular formula is C11H15Cl2NO2S. The van der Waals surface area contributed by atoms with Crippen molar-refractivity contribution in [1.82, 2.24) is 0 Å². The minimum atomic E-state index is -3.14. The third-order valence-corrected chi connectivity index (χ3v) is 4.62. The molecule has 0 aromatic heterocycles. The molecule has 0 saturated carbocycles. The van der Waals surface area contributed by atoms with Gasteiger partial charge in [-0.25, -0.2) is 8.42 Å². The average molecular weight is 296 g/mol. The van der Waals surface area contributed by atoms with E-state index in [1.807, 2.05) is 0 Å². The molecule has 3 nitrogen and oxygen atoms in total. The van der Waals surface area contributed by atoms with Crippen molar-refractivity contribution in [3.8, 4) is 0 Å². The van der Waals surface area contributed by atoms with Gasteiger partial charge in [-0.05, 0) is 31.0 Å². The fourth-order valence-electron chi connectivity index (χ4n) is 1.32. The largest absolute Gasteiger partial charge is 0.328 e. The zero-order valence-electron chi connectivity index (χ0n) is 9.49. The van der Waals surface area contributed by atoms with Crippen molar-refractivity contribution < 1.29 is 8.42 Å². The molecular weight excluding hydrogens is 281 g/mol. The number of rotatable bonds is 5. The molecule has 0 heterocycles. The molecule has 0 amide bonds. The van der Waals surface area contributed by atoms with E-state index in [-0.39, 0.29) is 17.5 Å². The highest BCUT2D eigenvalue weighted by molar-refractivity contribution is 7.90. The number of benzene rings is 1. The summed E-state index contributed by atoms with van der Waals surface area (Å²) in [6, 6.07) is 4.73. The molecule has 1 atom stereocenters. The average Bonchev–Trinajstić information content (AvgIpc) is 2.21. The highest BCUT2D eigenvalue weighted by Gasteiger charge is 2.13. The van der Waals surface area contributed by atoms with Crippen molar-refractivity contribution in [3.05, 3.63) is 33.8 Å². The predicted molar refractivity (Wildman–Crippen MR) is 72.2 cm³/mol. The quantitative estimate of drug-likeness (QED) is 0.908. The molecule has 2 N–H and O–H groups in total. The van der Waals surface area contributed by atoms with E-state index < -0.39 is 9.84 Å². The summed E-state index contributed by atoms with van der Waals surface area (Å²) in [5.41, 5.74) is 6.18. The topological polar surface area (TPSA) is 60.2 Å². The summed E-state index contributed by atoms with van der Waals surface area (Å²) in [6.45, 7) is 1.79. The Labute approximate surface area is 112 Å². The van der Waals surface area contributed by atoms with E-state index in [9.17, 15) is 8.42 Å². The minimum absolute atomic E-state index is 0.0311. The summed E-state index contributed by atoms with van der Waals surface area (Å²) in [4.78, 5) is 0. The summed E-state index contributed by atoms with van der Waals surface area (Å²) in [6.07, 6.45) is 0.462. The van der Waals surface area contributed by atoms with Gasteiger partial charge in [-0.15, -0.1) is 0 Å². The lowest BCUT2D eigenvalue weighted by Crippen LogP contribution is -2.20. The lowest BCUT2D eigenvalue weighted by atomic mass is 10.2. The van der Waals surface area contributed by atoms with Gasteiger partial charge in [-0.2, -0.15) is 0 Å². The number of nitrogens with two attached hydrogens (primary N) is 1. The van der Waals surface area contributed by atoms with Crippen molar-refractivity contribution in [2.45, 2.75) is 25.1 Å². The van der Waals surface area contributed by atoms with Crippen molar-refractivity contribution >= 4 is 33.0 Å². The number of hydrogen-bond donors (Lipinski definition) is 1. The summed E-state index contributed by atoms with van der Waals surface area (Å²) >= 11 is 11.6. The molecule has 0 aliphatic carbocycles. The lowest BCUT2D eigenvalue weighted by molar-refractivity contribution is 0.586. The van der Waals surface area contributed by atoms with Gasteiger partial charge in [0.25, 0.3) is 0 Å². The maximum atomic E-state index is 11.8. The smallest absolute Gasteiger partial charge is 0.154 e. The van der Waals surface area contributed by atoms with Crippen LogP contribution in [-0.2, 0) is 15.6 Å². The van der Waals surface area contributed by atoms with Crippen LogP contribution in [0.1, 0.15) is 18.9 Å². The summed E-state index contributed by atoms with van der Waals surface area (Å²) in [5, 5.41) is 0.787. The second-order valence-electron chi connectivity index (χ2n) is 4.11. The first kappa shape index (κ1) is 14.8. The first-order valence-corrected chi connectivity index (χ1v) is 7.78. The maximum absolute atomic E-state index is 11.8. The SMILES string of the molecule is CC(N)CCS(=O)(=O)Cc1ccc(Cl)c(Cl)c1. The van der Waals surface area contributed by atoms with Crippen LogP contribution in [0.3, 0.4) is 0 Å². The first-order chi connectivity index (χ1) is 7.80. The molecule has 6 heteroatoms. The van der Waals surface area contributed by atoms with Crippen molar-refractivity contribution in [2.24, 2.45) is 5.73 Å². The molecule has 1 aromatic carbocycles. The second-order valence-corrected chi connectivity index (χ2v) is 7.10. The first-order valence-electron chi connectivity index (χ1n) is 5.20. The van der Waals surface area contributed by atoms with Crippen LogP contribution in [0.5, 0.6) is 0 Å². The lowest BCUT2D eigenvalue weighted by Gasteiger charge is -2.07. The molecule has 17 heavy (non-hydrogen) atoms. The van der Waals surface area contributed by atoms with Crippen molar-refractivity contribution in [2.75, 3.05) is 5.75 Å². The third-order valence-electron chi connectivity index (χ3n) is 2.25. The number of sulfone groups is 1. The Kier molecular flexibility index (Phi) is 5.25. The molecule has 96 valence electrons. The van der Waals surface area contributed by atoms with E-state index in [0.29, 0.717) is 22.0 Å². The second kappa shape index (κ2) is 6.05. The molecule has 0 saturated heterocycles. The molecule has 0 radical (unpaired) electrons. The Bertz CT molecular complexity index is 486. The number of hydrogen-bond acceptors (Lipinski definition) is 3.